The predicted molar refractivity (Wildman–Crippen MR) is 109 cm³/mol. The minimum atomic E-state index is -0.376. The minimum absolute atomic E-state index is 0.0707. The SMILES string of the molecule is Cc1ccc(NC(=O)c2ccccc2NC(=O)c2ccc(C(=N)N)cc2)nc1. The van der Waals surface area contributed by atoms with Crippen LogP contribution in [0.4, 0.5) is 11.5 Å². The van der Waals surface area contributed by atoms with Crippen molar-refractivity contribution >= 4 is 29.2 Å². The molecular formula is C21H19N5O2. The van der Waals surface area contributed by atoms with E-state index in [9.17, 15) is 9.59 Å². The molecule has 0 atom stereocenters. The standard InChI is InChI=1S/C21H19N5O2/c1-13-6-11-18(24-12-13)26-21(28)16-4-2-3-5-17(16)25-20(27)15-9-7-14(8-10-15)19(22)23/h2-12H,1H3,(H3,22,23)(H,25,27)(H,24,26,28). The fraction of sp³-hybridized carbons (Fsp3) is 0.0476. The number of hydrogen-bond donors (Lipinski definition) is 4. The lowest BCUT2D eigenvalue weighted by Gasteiger charge is -2.11. The Balaban J connectivity index is 1.77. The van der Waals surface area contributed by atoms with Gasteiger partial charge in [-0.15, -0.1) is 0 Å². The number of benzene rings is 2. The lowest BCUT2D eigenvalue weighted by Crippen LogP contribution is -2.19. The lowest BCUT2D eigenvalue weighted by molar-refractivity contribution is 0.102. The zero-order chi connectivity index (χ0) is 20.1. The Morgan fingerprint density at radius 1 is 0.893 bits per heavy atom. The molecule has 0 radical (unpaired) electrons. The maximum atomic E-state index is 12.6. The van der Waals surface area contributed by atoms with Crippen molar-refractivity contribution in [3.63, 3.8) is 0 Å². The molecule has 0 aliphatic heterocycles. The second kappa shape index (κ2) is 8.13. The number of aromatic nitrogens is 1. The number of hydrogen-bond acceptors (Lipinski definition) is 4. The molecule has 0 saturated carbocycles. The van der Waals surface area contributed by atoms with Crippen LogP contribution in [-0.2, 0) is 0 Å². The average Bonchev–Trinajstić information content (AvgIpc) is 2.70. The third kappa shape index (κ3) is 4.39. The minimum Gasteiger partial charge on any atom is -0.384 e. The van der Waals surface area contributed by atoms with E-state index in [1.807, 2.05) is 13.0 Å². The van der Waals surface area contributed by atoms with Crippen LogP contribution in [0.3, 0.4) is 0 Å². The molecule has 7 nitrogen and oxygen atoms in total. The number of anilines is 2. The van der Waals surface area contributed by atoms with Crippen molar-refractivity contribution in [3.8, 4) is 0 Å². The molecule has 140 valence electrons. The van der Waals surface area contributed by atoms with Gasteiger partial charge in [0.25, 0.3) is 11.8 Å². The number of carbonyl (C=O) groups excluding carboxylic acids is 2. The van der Waals surface area contributed by atoms with Crippen LogP contribution >= 0.6 is 0 Å². The summed E-state index contributed by atoms with van der Waals surface area (Å²) in [5, 5.41) is 12.9. The second-order valence-corrected chi connectivity index (χ2v) is 6.17. The van der Waals surface area contributed by atoms with Gasteiger partial charge in [-0.05, 0) is 42.8 Å². The monoisotopic (exact) mass is 373 g/mol. The van der Waals surface area contributed by atoms with Crippen LogP contribution in [0.5, 0.6) is 0 Å². The molecule has 0 fully saturated rings. The summed E-state index contributed by atoms with van der Waals surface area (Å²) in [5.41, 5.74) is 8.03. The van der Waals surface area contributed by atoms with E-state index in [0.717, 1.165) is 5.56 Å². The number of para-hydroxylation sites is 1. The van der Waals surface area contributed by atoms with Crippen LogP contribution in [-0.4, -0.2) is 22.6 Å². The van der Waals surface area contributed by atoms with Gasteiger partial charge in [0.15, 0.2) is 0 Å². The largest absolute Gasteiger partial charge is 0.384 e. The van der Waals surface area contributed by atoms with Crippen molar-refractivity contribution < 1.29 is 9.59 Å². The number of rotatable bonds is 5. The first-order chi connectivity index (χ1) is 13.4. The summed E-state index contributed by atoms with van der Waals surface area (Å²) in [7, 11) is 0. The Morgan fingerprint density at radius 3 is 2.21 bits per heavy atom. The third-order valence-corrected chi connectivity index (χ3v) is 4.03. The molecule has 28 heavy (non-hydrogen) atoms. The number of nitrogens with one attached hydrogen (secondary N) is 3. The van der Waals surface area contributed by atoms with Gasteiger partial charge in [0, 0.05) is 17.3 Å². The van der Waals surface area contributed by atoms with Crippen LogP contribution in [0.15, 0.2) is 66.9 Å². The van der Waals surface area contributed by atoms with Gasteiger partial charge < -0.3 is 16.4 Å². The van der Waals surface area contributed by atoms with Crippen molar-refractivity contribution in [1.29, 1.82) is 5.41 Å². The van der Waals surface area contributed by atoms with Gasteiger partial charge in [0.2, 0.25) is 0 Å². The van der Waals surface area contributed by atoms with E-state index in [-0.39, 0.29) is 17.6 Å². The van der Waals surface area contributed by atoms with Gasteiger partial charge in [0.05, 0.1) is 11.3 Å². The van der Waals surface area contributed by atoms with Crippen LogP contribution in [0, 0.1) is 12.3 Å². The number of nitrogen functional groups attached to an aromatic ring is 1. The molecule has 0 spiro atoms. The van der Waals surface area contributed by atoms with Crippen molar-refractivity contribution in [2.24, 2.45) is 5.73 Å². The lowest BCUT2D eigenvalue weighted by atomic mass is 10.1. The smallest absolute Gasteiger partial charge is 0.258 e. The third-order valence-electron chi connectivity index (χ3n) is 4.03. The zero-order valence-electron chi connectivity index (χ0n) is 15.2. The molecule has 0 aliphatic rings. The van der Waals surface area contributed by atoms with E-state index in [2.05, 4.69) is 15.6 Å². The molecule has 0 unspecified atom stereocenters. The quantitative estimate of drug-likeness (QED) is 0.405. The molecule has 1 aromatic heterocycles. The van der Waals surface area contributed by atoms with Crippen LogP contribution < -0.4 is 16.4 Å². The van der Waals surface area contributed by atoms with Gasteiger partial charge in [-0.25, -0.2) is 4.98 Å². The number of carbonyl (C=O) groups is 2. The number of nitrogens with two attached hydrogens (primary N) is 1. The van der Waals surface area contributed by atoms with Crippen LogP contribution in [0.1, 0.15) is 31.8 Å². The summed E-state index contributed by atoms with van der Waals surface area (Å²) in [4.78, 5) is 29.3. The number of pyridine rings is 1. The highest BCUT2D eigenvalue weighted by atomic mass is 16.2. The van der Waals surface area contributed by atoms with E-state index in [4.69, 9.17) is 11.1 Å². The Morgan fingerprint density at radius 2 is 1.57 bits per heavy atom. The van der Waals surface area contributed by atoms with Crippen LogP contribution in [0.25, 0.3) is 0 Å². The van der Waals surface area contributed by atoms with E-state index in [0.29, 0.717) is 28.2 Å². The summed E-state index contributed by atoms with van der Waals surface area (Å²) in [6.07, 6.45) is 1.66. The van der Waals surface area contributed by atoms with E-state index in [1.54, 1.807) is 60.8 Å². The summed E-state index contributed by atoms with van der Waals surface area (Å²) in [6, 6.07) is 16.6. The first-order valence-electron chi connectivity index (χ1n) is 8.53. The van der Waals surface area contributed by atoms with Gasteiger partial charge >= 0.3 is 0 Å². The molecule has 2 amide bonds. The first kappa shape index (κ1) is 18.8. The van der Waals surface area contributed by atoms with Gasteiger partial charge in [-0.3, -0.25) is 15.0 Å². The van der Waals surface area contributed by atoms with Gasteiger partial charge in [-0.2, -0.15) is 0 Å². The van der Waals surface area contributed by atoms with E-state index in [1.165, 1.54) is 0 Å². The molecule has 3 aromatic rings. The maximum Gasteiger partial charge on any atom is 0.258 e. The van der Waals surface area contributed by atoms with Crippen LogP contribution in [0.2, 0.25) is 0 Å². The molecule has 3 rings (SSSR count). The number of aryl methyl sites for hydroxylation is 1. The highest BCUT2D eigenvalue weighted by Crippen LogP contribution is 2.18. The van der Waals surface area contributed by atoms with Gasteiger partial charge in [-0.1, -0.05) is 30.3 Å². The Kier molecular flexibility index (Phi) is 5.45. The topological polar surface area (TPSA) is 121 Å². The number of nitrogens with zero attached hydrogens (tertiary/aromatic N) is 1. The van der Waals surface area contributed by atoms with Gasteiger partial charge in [0.1, 0.15) is 11.7 Å². The summed E-state index contributed by atoms with van der Waals surface area (Å²) in [5.74, 6) is -0.391. The second-order valence-electron chi connectivity index (χ2n) is 6.17. The van der Waals surface area contributed by atoms with E-state index >= 15 is 0 Å². The Labute approximate surface area is 162 Å². The zero-order valence-corrected chi connectivity index (χ0v) is 15.2. The fourth-order valence-electron chi connectivity index (χ4n) is 2.51. The normalized spacial score (nSPS) is 10.2. The van der Waals surface area contributed by atoms with Crippen molar-refractivity contribution in [1.82, 2.24) is 4.98 Å². The highest BCUT2D eigenvalue weighted by Gasteiger charge is 2.15. The summed E-state index contributed by atoms with van der Waals surface area (Å²) >= 11 is 0. The summed E-state index contributed by atoms with van der Waals surface area (Å²) < 4.78 is 0. The van der Waals surface area contributed by atoms with Crippen molar-refractivity contribution in [2.45, 2.75) is 6.92 Å². The fourth-order valence-corrected chi connectivity index (χ4v) is 2.51. The molecule has 2 aromatic carbocycles. The predicted octanol–water partition coefficient (Wildman–Crippen LogP) is 3.18. The average molecular weight is 373 g/mol. The number of amides is 2. The Bertz CT molecular complexity index is 1030. The maximum absolute atomic E-state index is 12.6. The number of amidine groups is 1. The van der Waals surface area contributed by atoms with Crippen molar-refractivity contribution in [2.75, 3.05) is 10.6 Å². The molecule has 0 aliphatic carbocycles. The Hall–Kier alpha value is -4.00. The molecule has 7 heteroatoms. The van der Waals surface area contributed by atoms with Crippen molar-refractivity contribution in [3.05, 3.63) is 89.1 Å². The first-order valence-corrected chi connectivity index (χ1v) is 8.53. The van der Waals surface area contributed by atoms with E-state index < -0.39 is 0 Å². The molecular weight excluding hydrogens is 354 g/mol. The molecule has 0 saturated heterocycles. The summed E-state index contributed by atoms with van der Waals surface area (Å²) in [6.45, 7) is 1.91. The molecule has 0 bridgehead atoms. The highest BCUT2D eigenvalue weighted by molar-refractivity contribution is 6.12. The molecule has 1 heterocycles. The molecule has 5 N–H and O–H groups in total.